The van der Waals surface area contributed by atoms with Crippen LogP contribution in [0.2, 0.25) is 0 Å². The molecule has 0 spiro atoms. The highest BCUT2D eigenvalue weighted by molar-refractivity contribution is 5.97. The van der Waals surface area contributed by atoms with Crippen LogP contribution < -0.4 is 14.8 Å². The van der Waals surface area contributed by atoms with E-state index in [-0.39, 0.29) is 5.91 Å². The zero-order valence-corrected chi connectivity index (χ0v) is 12.3. The minimum absolute atomic E-state index is 0.133. The Kier molecular flexibility index (Phi) is 5.21. The third-order valence-corrected chi connectivity index (χ3v) is 2.82. The Morgan fingerprint density at radius 1 is 1.05 bits per heavy atom. The highest BCUT2D eigenvalue weighted by Crippen LogP contribution is 2.28. The van der Waals surface area contributed by atoms with Crippen molar-refractivity contribution in [3.8, 4) is 17.2 Å². The van der Waals surface area contributed by atoms with Crippen LogP contribution in [0.3, 0.4) is 0 Å². The molecule has 1 heterocycles. The van der Waals surface area contributed by atoms with Crippen LogP contribution in [0.4, 0.5) is 0 Å². The van der Waals surface area contributed by atoms with Crippen LogP contribution in [-0.4, -0.2) is 19.1 Å². The summed E-state index contributed by atoms with van der Waals surface area (Å²) in [6.07, 6.45) is 0. The highest BCUT2D eigenvalue weighted by atomic mass is 16.5. The molecule has 4 heteroatoms. The first-order valence-corrected chi connectivity index (χ1v) is 7.11. The predicted octanol–water partition coefficient (Wildman–Crippen LogP) is 3.63. The van der Waals surface area contributed by atoms with Crippen LogP contribution in [-0.2, 0) is 0 Å². The maximum atomic E-state index is 11.9. The van der Waals surface area contributed by atoms with Crippen molar-refractivity contribution in [1.82, 2.24) is 5.32 Å². The number of carbonyl (C=O) groups is 1. The lowest BCUT2D eigenvalue weighted by Crippen LogP contribution is -2.24. The van der Waals surface area contributed by atoms with Crippen molar-refractivity contribution in [1.29, 1.82) is 0 Å². The molecular weight excluding hydrogens is 266 g/mol. The molecule has 1 N–H and O–H groups in total. The molecule has 0 saturated carbocycles. The van der Waals surface area contributed by atoms with E-state index >= 15 is 0 Å². The number of amides is 1. The van der Waals surface area contributed by atoms with E-state index in [9.17, 15) is 4.79 Å². The van der Waals surface area contributed by atoms with Gasteiger partial charge in [-0.1, -0.05) is 32.0 Å². The molecule has 0 radical (unpaired) electrons. The van der Waals surface area contributed by atoms with Gasteiger partial charge in [-0.3, -0.25) is 4.79 Å². The monoisotopic (exact) mass is 285 g/mol. The lowest BCUT2D eigenvalue weighted by molar-refractivity contribution is 0.0957. The summed E-state index contributed by atoms with van der Waals surface area (Å²) in [5.74, 6) is 1.81. The molecular formula is C17H19NO3. The molecule has 1 amide bonds. The molecule has 110 valence electrons. The largest absolute Gasteiger partial charge is 0.491 e. The van der Waals surface area contributed by atoms with Crippen molar-refractivity contribution in [3.63, 3.8) is 0 Å². The van der Waals surface area contributed by atoms with Crippen molar-refractivity contribution in [2.45, 2.75) is 13.8 Å². The average Bonchev–Trinajstić information content (AvgIpc) is 2.72. The number of fused-ring (bicyclic) bond motifs is 1. The highest BCUT2D eigenvalue weighted by Gasteiger charge is 2.17. The van der Waals surface area contributed by atoms with Crippen molar-refractivity contribution in [2.75, 3.05) is 13.2 Å². The lowest BCUT2D eigenvalue weighted by Gasteiger charge is -2.09. The van der Waals surface area contributed by atoms with E-state index in [1.165, 1.54) is 0 Å². The Morgan fingerprint density at radius 2 is 1.81 bits per heavy atom. The molecule has 0 saturated heterocycles. The normalized spacial score (nSPS) is 12.8. The van der Waals surface area contributed by atoms with Gasteiger partial charge in [-0.25, -0.2) is 0 Å². The van der Waals surface area contributed by atoms with E-state index in [4.69, 9.17) is 9.47 Å². The Balaban J connectivity index is 0.000000774. The van der Waals surface area contributed by atoms with Crippen LogP contribution in [0, 0.1) is 0 Å². The smallest absolute Gasteiger partial charge is 0.255 e. The summed E-state index contributed by atoms with van der Waals surface area (Å²) in [6, 6.07) is 14.7. The second-order valence-electron chi connectivity index (χ2n) is 4.18. The summed E-state index contributed by atoms with van der Waals surface area (Å²) in [5.41, 5.74) is 0.505. The van der Waals surface area contributed by atoms with Crippen LogP contribution in [0.5, 0.6) is 17.2 Å². The molecule has 4 nitrogen and oxygen atoms in total. The number of ether oxygens (including phenoxy) is 2. The number of hydrogen-bond acceptors (Lipinski definition) is 3. The Morgan fingerprint density at radius 3 is 2.57 bits per heavy atom. The van der Waals surface area contributed by atoms with Gasteiger partial charge in [-0.15, -0.1) is 0 Å². The molecule has 0 aliphatic carbocycles. The average molecular weight is 285 g/mol. The van der Waals surface area contributed by atoms with Crippen LogP contribution in [0.1, 0.15) is 24.2 Å². The van der Waals surface area contributed by atoms with Gasteiger partial charge in [0.15, 0.2) is 0 Å². The fourth-order valence-corrected chi connectivity index (χ4v) is 1.92. The van der Waals surface area contributed by atoms with E-state index in [0.29, 0.717) is 30.2 Å². The van der Waals surface area contributed by atoms with Crippen molar-refractivity contribution < 1.29 is 14.3 Å². The lowest BCUT2D eigenvalue weighted by atomic mass is 10.2. The molecule has 0 fully saturated rings. The molecule has 3 rings (SSSR count). The van der Waals surface area contributed by atoms with Crippen LogP contribution in [0.15, 0.2) is 48.5 Å². The summed E-state index contributed by atoms with van der Waals surface area (Å²) in [4.78, 5) is 11.9. The van der Waals surface area contributed by atoms with Gasteiger partial charge < -0.3 is 14.8 Å². The van der Waals surface area contributed by atoms with Gasteiger partial charge >= 0.3 is 0 Å². The number of para-hydroxylation sites is 1. The van der Waals surface area contributed by atoms with Crippen molar-refractivity contribution in [3.05, 3.63) is 54.1 Å². The minimum Gasteiger partial charge on any atom is -0.491 e. The van der Waals surface area contributed by atoms with Crippen LogP contribution >= 0.6 is 0 Å². The SMILES string of the molecule is CC.O=C1NCCOc2ccc(Oc3ccccc3)cc21. The van der Waals surface area contributed by atoms with E-state index in [1.54, 1.807) is 18.2 Å². The van der Waals surface area contributed by atoms with Gasteiger partial charge in [-0.05, 0) is 30.3 Å². The van der Waals surface area contributed by atoms with E-state index in [0.717, 1.165) is 5.75 Å². The summed E-state index contributed by atoms with van der Waals surface area (Å²) >= 11 is 0. The summed E-state index contributed by atoms with van der Waals surface area (Å²) < 4.78 is 11.2. The Labute approximate surface area is 124 Å². The fourth-order valence-electron chi connectivity index (χ4n) is 1.92. The molecule has 0 atom stereocenters. The number of benzene rings is 2. The molecule has 2 aromatic carbocycles. The molecule has 0 aromatic heterocycles. The van der Waals surface area contributed by atoms with Crippen molar-refractivity contribution >= 4 is 5.91 Å². The second kappa shape index (κ2) is 7.33. The third-order valence-electron chi connectivity index (χ3n) is 2.82. The number of nitrogens with one attached hydrogen (secondary N) is 1. The molecule has 2 aromatic rings. The zero-order chi connectivity index (χ0) is 15.1. The molecule has 1 aliphatic heterocycles. The zero-order valence-electron chi connectivity index (χ0n) is 12.3. The minimum atomic E-state index is -0.133. The van der Waals surface area contributed by atoms with E-state index in [2.05, 4.69) is 5.32 Å². The van der Waals surface area contributed by atoms with E-state index in [1.807, 2.05) is 44.2 Å². The maximum absolute atomic E-state index is 11.9. The Bertz CT molecular complexity index is 596. The molecule has 21 heavy (non-hydrogen) atoms. The predicted molar refractivity (Wildman–Crippen MR) is 82.1 cm³/mol. The summed E-state index contributed by atoms with van der Waals surface area (Å²) in [7, 11) is 0. The van der Waals surface area contributed by atoms with Gasteiger partial charge in [-0.2, -0.15) is 0 Å². The van der Waals surface area contributed by atoms with E-state index < -0.39 is 0 Å². The number of rotatable bonds is 2. The third kappa shape index (κ3) is 3.75. The summed E-state index contributed by atoms with van der Waals surface area (Å²) in [5, 5.41) is 2.77. The Hall–Kier alpha value is -2.49. The topological polar surface area (TPSA) is 47.6 Å². The second-order valence-corrected chi connectivity index (χ2v) is 4.18. The standard InChI is InChI=1S/C15H13NO3.C2H6/c17-15-13-10-12(19-11-4-2-1-3-5-11)6-7-14(13)18-9-8-16-15;1-2/h1-7,10H,8-9H2,(H,16,17);1-2H3. The quantitative estimate of drug-likeness (QED) is 0.916. The molecule has 0 bridgehead atoms. The first-order chi connectivity index (χ1) is 10.3. The molecule has 0 unspecified atom stereocenters. The molecule has 1 aliphatic rings. The van der Waals surface area contributed by atoms with Gasteiger partial charge in [0.05, 0.1) is 12.1 Å². The van der Waals surface area contributed by atoms with Gasteiger partial charge in [0, 0.05) is 0 Å². The number of carbonyl (C=O) groups excluding carboxylic acids is 1. The van der Waals surface area contributed by atoms with Crippen molar-refractivity contribution in [2.24, 2.45) is 0 Å². The van der Waals surface area contributed by atoms with Gasteiger partial charge in [0.1, 0.15) is 23.9 Å². The first-order valence-electron chi connectivity index (χ1n) is 7.11. The van der Waals surface area contributed by atoms with Gasteiger partial charge in [0.2, 0.25) is 0 Å². The van der Waals surface area contributed by atoms with Crippen LogP contribution in [0.25, 0.3) is 0 Å². The van der Waals surface area contributed by atoms with Gasteiger partial charge in [0.25, 0.3) is 5.91 Å². The first kappa shape index (κ1) is 14.9. The number of hydrogen-bond donors (Lipinski definition) is 1. The maximum Gasteiger partial charge on any atom is 0.255 e. The fraction of sp³-hybridized carbons (Fsp3) is 0.235. The summed E-state index contributed by atoms with van der Waals surface area (Å²) in [6.45, 7) is 5.00.